The van der Waals surface area contributed by atoms with Crippen molar-refractivity contribution in [1.29, 1.82) is 0 Å². The van der Waals surface area contributed by atoms with Crippen LogP contribution in [0.25, 0.3) is 0 Å². The Balaban J connectivity index is 2.17. The molecule has 0 spiro atoms. The SMILES string of the molecule is CC(C)(O)c1cn(CC(=O)N[C@H]2[C@H]([C@H](O)[C@H](O)CO)OC(C(=O)O)=C[C@@H]2O)nn1. The van der Waals surface area contributed by atoms with Gasteiger partial charge in [-0.3, -0.25) is 4.79 Å². The van der Waals surface area contributed by atoms with E-state index in [2.05, 4.69) is 15.6 Å². The molecule has 0 fully saturated rings. The maximum absolute atomic E-state index is 12.3. The minimum atomic E-state index is -1.81. The quantitative estimate of drug-likeness (QED) is 0.220. The van der Waals surface area contributed by atoms with Gasteiger partial charge >= 0.3 is 5.97 Å². The maximum atomic E-state index is 12.3. The topological polar surface area (TPSA) is 207 Å². The highest BCUT2D eigenvalue weighted by atomic mass is 16.5. The van der Waals surface area contributed by atoms with E-state index in [1.807, 2.05) is 0 Å². The number of carbonyl (C=O) groups excluding carboxylic acids is 1. The van der Waals surface area contributed by atoms with E-state index in [1.165, 1.54) is 20.0 Å². The fourth-order valence-electron chi connectivity index (χ4n) is 2.65. The van der Waals surface area contributed by atoms with Gasteiger partial charge in [0.2, 0.25) is 11.7 Å². The first-order valence-electron chi connectivity index (χ1n) is 8.63. The zero-order chi connectivity index (χ0) is 21.9. The van der Waals surface area contributed by atoms with Crippen LogP contribution in [0.2, 0.25) is 0 Å². The number of carboxylic acid groups (broad SMARTS) is 1. The second kappa shape index (κ2) is 8.84. The average molecular weight is 416 g/mol. The number of carbonyl (C=O) groups is 2. The second-order valence-electron chi connectivity index (χ2n) is 7.10. The first-order chi connectivity index (χ1) is 13.4. The van der Waals surface area contributed by atoms with Gasteiger partial charge in [-0.05, 0) is 19.9 Å². The Labute approximate surface area is 164 Å². The number of amides is 1. The number of aliphatic carboxylic acids is 1. The molecule has 1 aliphatic rings. The summed E-state index contributed by atoms with van der Waals surface area (Å²) in [6.07, 6.45) is -4.45. The highest BCUT2D eigenvalue weighted by molar-refractivity contribution is 5.84. The number of aliphatic hydroxyl groups excluding tert-OH is 4. The fourth-order valence-corrected chi connectivity index (χ4v) is 2.65. The molecule has 13 nitrogen and oxygen atoms in total. The molecule has 0 saturated heterocycles. The van der Waals surface area contributed by atoms with Crippen molar-refractivity contribution >= 4 is 11.9 Å². The minimum absolute atomic E-state index is 0.222. The van der Waals surface area contributed by atoms with Gasteiger partial charge in [0.1, 0.15) is 36.2 Å². The van der Waals surface area contributed by atoms with E-state index < -0.39 is 60.3 Å². The Morgan fingerprint density at radius 2 is 2.03 bits per heavy atom. The molecule has 7 N–H and O–H groups in total. The number of hydrogen-bond acceptors (Lipinski definition) is 10. The fraction of sp³-hybridized carbons (Fsp3) is 0.625. The molecule has 2 rings (SSSR count). The number of hydrogen-bond donors (Lipinski definition) is 7. The Morgan fingerprint density at radius 1 is 1.38 bits per heavy atom. The van der Waals surface area contributed by atoms with E-state index in [-0.39, 0.29) is 12.2 Å². The molecular formula is C16H24N4O9. The van der Waals surface area contributed by atoms with E-state index in [0.29, 0.717) is 0 Å². The predicted molar refractivity (Wildman–Crippen MR) is 92.9 cm³/mol. The molecule has 1 aromatic rings. The van der Waals surface area contributed by atoms with Crippen molar-refractivity contribution in [3.05, 3.63) is 23.7 Å². The molecule has 1 aromatic heterocycles. The smallest absolute Gasteiger partial charge is 0.370 e. The van der Waals surface area contributed by atoms with Crippen molar-refractivity contribution < 1.29 is 45.0 Å². The maximum Gasteiger partial charge on any atom is 0.370 e. The highest BCUT2D eigenvalue weighted by Crippen LogP contribution is 2.23. The van der Waals surface area contributed by atoms with Gasteiger partial charge in [-0.25, -0.2) is 9.48 Å². The van der Waals surface area contributed by atoms with Crippen LogP contribution in [0.1, 0.15) is 19.5 Å². The van der Waals surface area contributed by atoms with Crippen LogP contribution < -0.4 is 5.32 Å². The van der Waals surface area contributed by atoms with Crippen LogP contribution in [0.15, 0.2) is 18.0 Å². The van der Waals surface area contributed by atoms with Gasteiger partial charge in [-0.1, -0.05) is 5.21 Å². The van der Waals surface area contributed by atoms with Crippen LogP contribution in [0.5, 0.6) is 0 Å². The summed E-state index contributed by atoms with van der Waals surface area (Å²) in [7, 11) is 0. The Morgan fingerprint density at radius 3 is 2.55 bits per heavy atom. The molecule has 162 valence electrons. The van der Waals surface area contributed by atoms with Gasteiger partial charge in [0.05, 0.1) is 18.8 Å². The monoisotopic (exact) mass is 416 g/mol. The third kappa shape index (κ3) is 5.48. The first-order valence-corrected chi connectivity index (χ1v) is 8.63. The summed E-state index contributed by atoms with van der Waals surface area (Å²) in [4.78, 5) is 23.5. The average Bonchev–Trinajstić information content (AvgIpc) is 3.10. The molecule has 2 heterocycles. The van der Waals surface area contributed by atoms with Crippen LogP contribution in [0.4, 0.5) is 0 Å². The standard InChI is InChI=1S/C16H24N4O9/c1-16(2,28)10-4-20(19-18-10)5-11(24)17-12-7(22)3-9(15(26)27)29-14(12)13(25)8(23)6-21/h3-4,7-8,12-14,21-23,25,28H,5-6H2,1-2H3,(H,17,24)(H,26,27)/t7-,8+,12+,13+,14+/m0/s1. The summed E-state index contributed by atoms with van der Waals surface area (Å²) in [6, 6.07) is -1.33. The molecule has 5 atom stereocenters. The Hall–Kier alpha value is -2.58. The van der Waals surface area contributed by atoms with Gasteiger partial charge < -0.3 is 40.7 Å². The number of aliphatic hydroxyl groups is 5. The lowest BCUT2D eigenvalue weighted by atomic mass is 9.94. The van der Waals surface area contributed by atoms with Gasteiger partial charge in [-0.2, -0.15) is 0 Å². The van der Waals surface area contributed by atoms with Crippen molar-refractivity contribution in [2.45, 2.75) is 56.5 Å². The Bertz CT molecular complexity index is 773. The Kier molecular flexibility index (Phi) is 6.92. The zero-order valence-electron chi connectivity index (χ0n) is 15.7. The molecule has 0 aliphatic carbocycles. The van der Waals surface area contributed by atoms with Gasteiger partial charge in [0.15, 0.2) is 6.10 Å². The van der Waals surface area contributed by atoms with Crippen molar-refractivity contribution in [2.24, 2.45) is 0 Å². The lowest BCUT2D eigenvalue weighted by molar-refractivity contribution is -0.149. The lowest BCUT2D eigenvalue weighted by Gasteiger charge is -2.38. The molecule has 13 heteroatoms. The van der Waals surface area contributed by atoms with E-state index in [0.717, 1.165) is 10.8 Å². The third-order valence-corrected chi connectivity index (χ3v) is 4.23. The molecule has 1 amide bonds. The number of nitrogens with one attached hydrogen (secondary N) is 1. The largest absolute Gasteiger partial charge is 0.478 e. The summed E-state index contributed by atoms with van der Waals surface area (Å²) >= 11 is 0. The summed E-state index contributed by atoms with van der Waals surface area (Å²) in [6.45, 7) is 1.75. The molecule has 1 aliphatic heterocycles. The summed E-state index contributed by atoms with van der Waals surface area (Å²) in [5.74, 6) is -2.90. The molecular weight excluding hydrogens is 392 g/mol. The molecule has 0 unspecified atom stereocenters. The van der Waals surface area contributed by atoms with E-state index in [9.17, 15) is 30.0 Å². The molecule has 0 bridgehead atoms. The van der Waals surface area contributed by atoms with Crippen molar-refractivity contribution in [2.75, 3.05) is 6.61 Å². The van der Waals surface area contributed by atoms with Crippen LogP contribution in [0, 0.1) is 0 Å². The second-order valence-corrected chi connectivity index (χ2v) is 7.10. The minimum Gasteiger partial charge on any atom is -0.478 e. The van der Waals surface area contributed by atoms with Crippen LogP contribution in [-0.2, 0) is 26.5 Å². The summed E-state index contributed by atoms with van der Waals surface area (Å²) in [5.41, 5.74) is -1.05. The van der Waals surface area contributed by atoms with Crippen molar-refractivity contribution in [3.8, 4) is 0 Å². The summed E-state index contributed by atoms with van der Waals surface area (Å²) in [5, 5.41) is 67.8. The van der Waals surface area contributed by atoms with E-state index in [1.54, 1.807) is 0 Å². The van der Waals surface area contributed by atoms with E-state index >= 15 is 0 Å². The van der Waals surface area contributed by atoms with Gasteiger partial charge in [0, 0.05) is 0 Å². The van der Waals surface area contributed by atoms with Gasteiger partial charge in [-0.15, -0.1) is 5.10 Å². The van der Waals surface area contributed by atoms with Crippen molar-refractivity contribution in [3.63, 3.8) is 0 Å². The predicted octanol–water partition coefficient (Wildman–Crippen LogP) is -3.57. The lowest BCUT2D eigenvalue weighted by Crippen LogP contribution is -2.60. The number of ether oxygens (including phenoxy) is 1. The number of nitrogens with zero attached hydrogens (tertiary/aromatic N) is 3. The summed E-state index contributed by atoms with van der Waals surface area (Å²) < 4.78 is 6.24. The molecule has 0 radical (unpaired) electrons. The highest BCUT2D eigenvalue weighted by Gasteiger charge is 2.43. The van der Waals surface area contributed by atoms with Gasteiger partial charge in [0.25, 0.3) is 0 Å². The molecule has 0 aromatic carbocycles. The zero-order valence-corrected chi connectivity index (χ0v) is 15.7. The number of carboxylic acids is 1. The number of aromatic nitrogens is 3. The first kappa shape index (κ1) is 22.7. The van der Waals surface area contributed by atoms with Crippen LogP contribution in [-0.4, -0.2) is 94.6 Å². The molecule has 0 saturated carbocycles. The van der Waals surface area contributed by atoms with E-state index in [4.69, 9.17) is 14.9 Å². The van der Waals surface area contributed by atoms with Crippen LogP contribution >= 0.6 is 0 Å². The third-order valence-electron chi connectivity index (χ3n) is 4.23. The molecule has 29 heavy (non-hydrogen) atoms. The normalized spacial score (nSPS) is 24.2. The van der Waals surface area contributed by atoms with Crippen molar-refractivity contribution in [1.82, 2.24) is 20.3 Å². The van der Waals surface area contributed by atoms with Crippen LogP contribution in [0.3, 0.4) is 0 Å². The number of rotatable bonds is 8.